The molecule has 0 amide bonds. The molecule has 4 nitrogen and oxygen atoms in total. The first-order valence-corrected chi connectivity index (χ1v) is 5.21. The number of aromatic nitrogens is 1. The minimum Gasteiger partial charge on any atom is -0.505 e. The van der Waals surface area contributed by atoms with Crippen molar-refractivity contribution in [2.75, 3.05) is 5.32 Å². The Morgan fingerprint density at radius 1 is 1.31 bits per heavy atom. The highest BCUT2D eigenvalue weighted by Crippen LogP contribution is 2.34. The van der Waals surface area contributed by atoms with Gasteiger partial charge in [-0.05, 0) is 12.1 Å². The number of rotatable bonds is 3. The van der Waals surface area contributed by atoms with Gasteiger partial charge in [-0.2, -0.15) is 0 Å². The van der Waals surface area contributed by atoms with Crippen LogP contribution in [-0.4, -0.2) is 10.1 Å². The molecule has 0 fully saturated rings. The second-order valence-electron chi connectivity index (χ2n) is 3.11. The number of phenolic OH excluding ortho intramolecular Hbond substituents is 1. The number of anilines is 1. The SMILES string of the molecule is Oc1c(Cl)cc(NCc2cnco2)cc1Cl. The monoisotopic (exact) mass is 258 g/mol. The number of halogens is 2. The topological polar surface area (TPSA) is 58.3 Å². The van der Waals surface area contributed by atoms with E-state index in [-0.39, 0.29) is 15.8 Å². The quantitative estimate of drug-likeness (QED) is 0.830. The lowest BCUT2D eigenvalue weighted by atomic mass is 10.3. The van der Waals surface area contributed by atoms with E-state index in [1.807, 2.05) is 0 Å². The number of phenols is 1. The number of nitrogens with zero attached hydrogens (tertiary/aromatic N) is 1. The maximum absolute atomic E-state index is 9.36. The maximum atomic E-state index is 9.36. The highest BCUT2D eigenvalue weighted by molar-refractivity contribution is 6.37. The van der Waals surface area contributed by atoms with Gasteiger partial charge in [0.15, 0.2) is 12.1 Å². The van der Waals surface area contributed by atoms with Crippen molar-refractivity contribution < 1.29 is 9.52 Å². The molecule has 1 heterocycles. The van der Waals surface area contributed by atoms with Crippen LogP contribution >= 0.6 is 23.2 Å². The van der Waals surface area contributed by atoms with E-state index in [1.54, 1.807) is 18.3 Å². The lowest BCUT2D eigenvalue weighted by molar-refractivity contribution is 0.476. The Kier molecular flexibility index (Phi) is 3.22. The van der Waals surface area contributed by atoms with Crippen LogP contribution in [0.4, 0.5) is 5.69 Å². The smallest absolute Gasteiger partial charge is 0.180 e. The van der Waals surface area contributed by atoms with E-state index >= 15 is 0 Å². The van der Waals surface area contributed by atoms with Crippen LogP contribution in [0.25, 0.3) is 0 Å². The van der Waals surface area contributed by atoms with Crippen molar-refractivity contribution in [2.24, 2.45) is 0 Å². The molecule has 1 aromatic heterocycles. The molecule has 0 aliphatic rings. The van der Waals surface area contributed by atoms with Gasteiger partial charge in [0.2, 0.25) is 0 Å². The van der Waals surface area contributed by atoms with E-state index in [0.717, 1.165) is 0 Å². The number of oxazole rings is 1. The molecular formula is C10H8Cl2N2O2. The van der Waals surface area contributed by atoms with Crippen LogP contribution in [0.15, 0.2) is 29.1 Å². The molecule has 0 unspecified atom stereocenters. The van der Waals surface area contributed by atoms with E-state index in [2.05, 4.69) is 10.3 Å². The first kappa shape index (κ1) is 11.1. The van der Waals surface area contributed by atoms with Gasteiger partial charge in [-0.1, -0.05) is 23.2 Å². The fourth-order valence-electron chi connectivity index (χ4n) is 1.19. The summed E-state index contributed by atoms with van der Waals surface area (Å²) in [5.41, 5.74) is 0.698. The average molecular weight is 259 g/mol. The summed E-state index contributed by atoms with van der Waals surface area (Å²) in [5.74, 6) is 0.578. The number of aromatic hydroxyl groups is 1. The zero-order valence-electron chi connectivity index (χ0n) is 8.08. The summed E-state index contributed by atoms with van der Waals surface area (Å²) in [4.78, 5) is 3.78. The second kappa shape index (κ2) is 4.63. The summed E-state index contributed by atoms with van der Waals surface area (Å²) >= 11 is 11.5. The summed E-state index contributed by atoms with van der Waals surface area (Å²) in [6.45, 7) is 0.470. The maximum Gasteiger partial charge on any atom is 0.180 e. The first-order valence-electron chi connectivity index (χ1n) is 4.46. The van der Waals surface area contributed by atoms with Gasteiger partial charge in [0.05, 0.1) is 22.8 Å². The highest BCUT2D eigenvalue weighted by Gasteiger charge is 2.06. The third-order valence-electron chi connectivity index (χ3n) is 1.97. The van der Waals surface area contributed by atoms with Gasteiger partial charge < -0.3 is 14.8 Å². The van der Waals surface area contributed by atoms with E-state index in [4.69, 9.17) is 27.6 Å². The Labute approximate surface area is 102 Å². The molecule has 0 saturated heterocycles. The molecule has 6 heteroatoms. The molecule has 0 spiro atoms. The first-order chi connectivity index (χ1) is 7.66. The van der Waals surface area contributed by atoms with Crippen molar-refractivity contribution in [2.45, 2.75) is 6.54 Å². The Morgan fingerprint density at radius 3 is 2.56 bits per heavy atom. The molecule has 0 atom stereocenters. The predicted molar refractivity (Wildman–Crippen MR) is 62.0 cm³/mol. The molecule has 0 aliphatic heterocycles. The van der Waals surface area contributed by atoms with Gasteiger partial charge in [0, 0.05) is 5.69 Å². The minimum atomic E-state index is -0.117. The summed E-state index contributed by atoms with van der Waals surface area (Å²) in [5, 5.41) is 12.8. The van der Waals surface area contributed by atoms with Crippen molar-refractivity contribution in [3.8, 4) is 5.75 Å². The molecule has 84 valence electrons. The van der Waals surface area contributed by atoms with Crippen molar-refractivity contribution in [1.29, 1.82) is 0 Å². The zero-order valence-corrected chi connectivity index (χ0v) is 9.59. The van der Waals surface area contributed by atoms with Crippen LogP contribution in [-0.2, 0) is 6.54 Å². The molecule has 0 saturated carbocycles. The zero-order chi connectivity index (χ0) is 11.5. The van der Waals surface area contributed by atoms with Crippen molar-refractivity contribution in [3.05, 3.63) is 40.5 Å². The second-order valence-corrected chi connectivity index (χ2v) is 3.92. The summed E-state index contributed by atoms with van der Waals surface area (Å²) in [7, 11) is 0. The van der Waals surface area contributed by atoms with E-state index < -0.39 is 0 Å². The van der Waals surface area contributed by atoms with Crippen LogP contribution in [0.1, 0.15) is 5.76 Å². The largest absolute Gasteiger partial charge is 0.505 e. The number of benzene rings is 1. The number of hydrogen-bond donors (Lipinski definition) is 2. The minimum absolute atomic E-state index is 0.117. The Hall–Kier alpha value is -1.39. The van der Waals surface area contributed by atoms with Gasteiger partial charge >= 0.3 is 0 Å². The van der Waals surface area contributed by atoms with Gasteiger partial charge in [0.1, 0.15) is 5.76 Å². The molecule has 0 aliphatic carbocycles. The molecular weight excluding hydrogens is 251 g/mol. The molecule has 1 aromatic carbocycles. The van der Waals surface area contributed by atoms with E-state index in [1.165, 1.54) is 6.39 Å². The van der Waals surface area contributed by atoms with Crippen molar-refractivity contribution in [1.82, 2.24) is 4.98 Å². The van der Waals surface area contributed by atoms with E-state index in [9.17, 15) is 5.11 Å². The van der Waals surface area contributed by atoms with Crippen molar-refractivity contribution >= 4 is 28.9 Å². The lowest BCUT2D eigenvalue weighted by Gasteiger charge is -2.07. The normalized spacial score (nSPS) is 10.4. The molecule has 2 rings (SSSR count). The molecule has 2 N–H and O–H groups in total. The number of nitrogens with one attached hydrogen (secondary N) is 1. The predicted octanol–water partition coefficient (Wildman–Crippen LogP) is 3.30. The van der Waals surface area contributed by atoms with Gasteiger partial charge in [-0.3, -0.25) is 0 Å². The third kappa shape index (κ3) is 2.40. The van der Waals surface area contributed by atoms with E-state index in [0.29, 0.717) is 18.0 Å². The number of hydrogen-bond acceptors (Lipinski definition) is 4. The van der Waals surface area contributed by atoms with Gasteiger partial charge in [-0.15, -0.1) is 0 Å². The fourth-order valence-corrected chi connectivity index (χ4v) is 1.67. The average Bonchev–Trinajstić information content (AvgIpc) is 2.75. The molecule has 16 heavy (non-hydrogen) atoms. The summed E-state index contributed by atoms with van der Waals surface area (Å²) in [6, 6.07) is 3.16. The Bertz CT molecular complexity index is 463. The standard InChI is InChI=1S/C10H8Cl2N2O2/c11-8-1-6(2-9(12)10(8)15)14-4-7-3-13-5-16-7/h1-3,5,14-15H,4H2. The molecule has 0 bridgehead atoms. The molecule has 0 radical (unpaired) electrons. The van der Waals surface area contributed by atoms with Gasteiger partial charge in [0.25, 0.3) is 0 Å². The highest BCUT2D eigenvalue weighted by atomic mass is 35.5. The summed E-state index contributed by atoms with van der Waals surface area (Å²) < 4.78 is 5.05. The fraction of sp³-hybridized carbons (Fsp3) is 0.100. The van der Waals surface area contributed by atoms with Crippen LogP contribution in [0.2, 0.25) is 10.0 Å². The summed E-state index contributed by atoms with van der Waals surface area (Å²) in [6.07, 6.45) is 2.96. The third-order valence-corrected chi connectivity index (χ3v) is 2.54. The molecule has 2 aromatic rings. The Morgan fingerprint density at radius 2 is 2.00 bits per heavy atom. The van der Waals surface area contributed by atoms with Crippen LogP contribution in [0.3, 0.4) is 0 Å². The van der Waals surface area contributed by atoms with Gasteiger partial charge in [-0.25, -0.2) is 4.98 Å². The van der Waals surface area contributed by atoms with Crippen LogP contribution < -0.4 is 5.32 Å². The Balaban J connectivity index is 2.10. The van der Waals surface area contributed by atoms with Crippen LogP contribution in [0, 0.1) is 0 Å². The van der Waals surface area contributed by atoms with Crippen LogP contribution in [0.5, 0.6) is 5.75 Å². The van der Waals surface area contributed by atoms with Crippen molar-refractivity contribution in [3.63, 3.8) is 0 Å². The lowest BCUT2D eigenvalue weighted by Crippen LogP contribution is -1.98.